The van der Waals surface area contributed by atoms with Gasteiger partial charge in [-0.25, -0.2) is 0 Å². The first-order chi connectivity index (χ1) is 17.1. The molecule has 1 saturated heterocycles. The van der Waals surface area contributed by atoms with Crippen molar-refractivity contribution in [2.24, 2.45) is 0 Å². The van der Waals surface area contributed by atoms with E-state index in [1.807, 2.05) is 6.92 Å². The minimum Gasteiger partial charge on any atom is -0.466 e. The van der Waals surface area contributed by atoms with Crippen molar-refractivity contribution in [2.75, 3.05) is 24.6 Å². The summed E-state index contributed by atoms with van der Waals surface area (Å²) in [6.45, 7) is 6.47. The van der Waals surface area contributed by atoms with Crippen LogP contribution in [0.3, 0.4) is 0 Å². The second-order valence-electron chi connectivity index (χ2n) is 9.19. The van der Waals surface area contributed by atoms with Crippen molar-refractivity contribution in [1.82, 2.24) is 5.32 Å². The van der Waals surface area contributed by atoms with Gasteiger partial charge in [0.1, 0.15) is 0 Å². The van der Waals surface area contributed by atoms with Gasteiger partial charge in [-0.15, -0.1) is 11.3 Å². The lowest BCUT2D eigenvalue weighted by Crippen LogP contribution is -2.34. The number of carbonyl (C=O) groups excluding carboxylic acids is 1. The van der Waals surface area contributed by atoms with Crippen molar-refractivity contribution in [3.05, 3.63) is 89.3 Å². The molecular weight excluding hydrogens is 452 g/mol. The Balaban J connectivity index is 1.32. The summed E-state index contributed by atoms with van der Waals surface area (Å²) in [6.07, 6.45) is 1.39. The molecule has 0 amide bonds. The summed E-state index contributed by atoms with van der Waals surface area (Å²) in [4.78, 5) is 15.9. The maximum atomic E-state index is 12.3. The van der Waals surface area contributed by atoms with Crippen LogP contribution in [-0.2, 0) is 16.0 Å². The lowest BCUT2D eigenvalue weighted by molar-refractivity contribution is -0.142. The number of rotatable bonds is 8. The van der Waals surface area contributed by atoms with Gasteiger partial charge in [0.25, 0.3) is 0 Å². The summed E-state index contributed by atoms with van der Waals surface area (Å²) in [7, 11) is 0. The van der Waals surface area contributed by atoms with Crippen LogP contribution in [0.5, 0.6) is 0 Å². The highest BCUT2D eigenvalue weighted by atomic mass is 32.1. The van der Waals surface area contributed by atoms with Gasteiger partial charge in [-0.05, 0) is 71.3 Å². The van der Waals surface area contributed by atoms with Crippen LogP contribution in [0.2, 0.25) is 0 Å². The van der Waals surface area contributed by atoms with Gasteiger partial charge in [0.2, 0.25) is 0 Å². The average Bonchev–Trinajstić information content (AvgIpc) is 3.56. The van der Waals surface area contributed by atoms with Crippen LogP contribution in [0.25, 0.3) is 21.2 Å². The zero-order valence-electron chi connectivity index (χ0n) is 20.4. The molecular formula is C30H32N2O2S. The highest BCUT2D eigenvalue weighted by molar-refractivity contribution is 7.13. The average molecular weight is 485 g/mol. The Labute approximate surface area is 211 Å². The van der Waals surface area contributed by atoms with Gasteiger partial charge >= 0.3 is 5.97 Å². The molecule has 0 radical (unpaired) electrons. The Morgan fingerprint density at radius 1 is 1.11 bits per heavy atom. The van der Waals surface area contributed by atoms with Crippen molar-refractivity contribution in [1.29, 1.82) is 0 Å². The van der Waals surface area contributed by atoms with E-state index in [2.05, 4.69) is 95.3 Å². The van der Waals surface area contributed by atoms with E-state index in [1.165, 1.54) is 26.9 Å². The smallest absolute Gasteiger partial charge is 0.310 e. The Kier molecular flexibility index (Phi) is 7.16. The van der Waals surface area contributed by atoms with Crippen molar-refractivity contribution < 1.29 is 9.53 Å². The van der Waals surface area contributed by atoms with Crippen LogP contribution in [-0.4, -0.2) is 31.7 Å². The van der Waals surface area contributed by atoms with E-state index >= 15 is 0 Å². The molecule has 2 atom stereocenters. The number of hydrogen-bond acceptors (Lipinski definition) is 5. The van der Waals surface area contributed by atoms with Gasteiger partial charge in [-0.1, -0.05) is 54.6 Å². The lowest BCUT2D eigenvalue weighted by Gasteiger charge is -2.23. The van der Waals surface area contributed by atoms with Gasteiger partial charge < -0.3 is 15.0 Å². The molecule has 2 heterocycles. The first-order valence-electron chi connectivity index (χ1n) is 12.4. The Hall–Kier alpha value is -3.15. The van der Waals surface area contributed by atoms with E-state index in [9.17, 15) is 4.79 Å². The lowest BCUT2D eigenvalue weighted by atomic mass is 9.99. The number of ether oxygens (including phenoxy) is 1. The van der Waals surface area contributed by atoms with Crippen molar-refractivity contribution >= 4 is 33.8 Å². The minimum atomic E-state index is -0.174. The summed E-state index contributed by atoms with van der Waals surface area (Å²) in [6, 6.07) is 26.5. The number of carbonyl (C=O) groups is 1. The van der Waals surface area contributed by atoms with Crippen molar-refractivity contribution in [3.63, 3.8) is 0 Å². The van der Waals surface area contributed by atoms with Crippen LogP contribution in [0.4, 0.5) is 5.69 Å². The molecule has 1 aromatic heterocycles. The Bertz CT molecular complexity index is 1300. The number of fused-ring (bicyclic) bond motifs is 1. The maximum Gasteiger partial charge on any atom is 0.310 e. The molecule has 1 N–H and O–H groups in total. The highest BCUT2D eigenvalue weighted by Gasteiger charge is 2.25. The fourth-order valence-corrected chi connectivity index (χ4v) is 5.95. The van der Waals surface area contributed by atoms with E-state index in [-0.39, 0.29) is 12.0 Å². The van der Waals surface area contributed by atoms with E-state index < -0.39 is 0 Å². The summed E-state index contributed by atoms with van der Waals surface area (Å²) in [5, 5.41) is 8.55. The molecule has 1 aliphatic heterocycles. The van der Waals surface area contributed by atoms with E-state index in [0.29, 0.717) is 19.1 Å². The minimum absolute atomic E-state index is 0.174. The summed E-state index contributed by atoms with van der Waals surface area (Å²) >= 11 is 1.70. The number of nitrogens with zero attached hydrogens (tertiary/aromatic N) is 1. The predicted molar refractivity (Wildman–Crippen MR) is 146 cm³/mol. The third kappa shape index (κ3) is 5.26. The number of nitrogens with one attached hydrogen (secondary N) is 1. The van der Waals surface area contributed by atoms with Crippen molar-refractivity contribution in [2.45, 2.75) is 38.8 Å². The standard InChI is InChI=1S/C30H32N2O2S/c1-3-34-30(33)19-23-18-25(13-14-28(23)29-12-7-17-35-29)32-16-15-24(20-32)31-21(2)26-11-6-9-22-8-4-5-10-27(22)26/h4-14,17-18,21,24,31H,3,15-16,19-20H2,1-2H3/t21-,24+/m1/s1. The van der Waals surface area contributed by atoms with Gasteiger partial charge in [-0.2, -0.15) is 0 Å². The van der Waals surface area contributed by atoms with E-state index in [0.717, 1.165) is 30.6 Å². The third-order valence-electron chi connectivity index (χ3n) is 6.84. The normalized spacial score (nSPS) is 16.5. The van der Waals surface area contributed by atoms with Gasteiger partial charge in [0.15, 0.2) is 0 Å². The quantitative estimate of drug-likeness (QED) is 0.286. The molecule has 0 aliphatic carbocycles. The zero-order chi connectivity index (χ0) is 24.2. The second kappa shape index (κ2) is 10.6. The molecule has 1 fully saturated rings. The highest BCUT2D eigenvalue weighted by Crippen LogP contribution is 2.33. The number of anilines is 1. The second-order valence-corrected chi connectivity index (χ2v) is 10.1. The topological polar surface area (TPSA) is 41.6 Å². The molecule has 5 rings (SSSR count). The number of esters is 1. The largest absolute Gasteiger partial charge is 0.466 e. The zero-order valence-corrected chi connectivity index (χ0v) is 21.2. The monoisotopic (exact) mass is 484 g/mol. The van der Waals surface area contributed by atoms with Crippen LogP contribution in [0.15, 0.2) is 78.2 Å². The Morgan fingerprint density at radius 3 is 2.80 bits per heavy atom. The third-order valence-corrected chi connectivity index (χ3v) is 7.75. The molecule has 4 aromatic rings. The van der Waals surface area contributed by atoms with Crippen LogP contribution in [0.1, 0.15) is 37.4 Å². The molecule has 0 spiro atoms. The number of benzene rings is 3. The molecule has 1 aliphatic rings. The molecule has 0 unspecified atom stereocenters. The van der Waals surface area contributed by atoms with Crippen LogP contribution in [0, 0.1) is 0 Å². The molecule has 3 aromatic carbocycles. The molecule has 35 heavy (non-hydrogen) atoms. The molecule has 5 heteroatoms. The number of hydrogen-bond donors (Lipinski definition) is 1. The number of thiophene rings is 1. The van der Waals surface area contributed by atoms with Gasteiger partial charge in [0.05, 0.1) is 13.0 Å². The van der Waals surface area contributed by atoms with Gasteiger partial charge in [-0.3, -0.25) is 4.79 Å². The molecule has 0 saturated carbocycles. The van der Waals surface area contributed by atoms with Crippen LogP contribution >= 0.6 is 11.3 Å². The first kappa shape index (κ1) is 23.6. The van der Waals surface area contributed by atoms with Crippen molar-refractivity contribution in [3.8, 4) is 10.4 Å². The molecule has 4 nitrogen and oxygen atoms in total. The SMILES string of the molecule is CCOC(=O)Cc1cc(N2CC[C@H](N[C@H](C)c3cccc4ccccc34)C2)ccc1-c1cccs1. The Morgan fingerprint density at radius 2 is 1.97 bits per heavy atom. The fourth-order valence-electron chi connectivity index (χ4n) is 5.17. The summed E-state index contributed by atoms with van der Waals surface area (Å²) < 4.78 is 5.26. The molecule has 180 valence electrons. The predicted octanol–water partition coefficient (Wildman–Crippen LogP) is 6.60. The maximum absolute atomic E-state index is 12.3. The first-order valence-corrected chi connectivity index (χ1v) is 13.3. The summed E-state index contributed by atoms with van der Waals surface area (Å²) in [5.74, 6) is -0.174. The van der Waals surface area contributed by atoms with E-state index in [1.54, 1.807) is 11.3 Å². The fraction of sp³-hybridized carbons (Fsp3) is 0.300. The van der Waals surface area contributed by atoms with Gasteiger partial charge in [0, 0.05) is 35.7 Å². The van der Waals surface area contributed by atoms with Crippen LogP contribution < -0.4 is 10.2 Å². The van der Waals surface area contributed by atoms with E-state index in [4.69, 9.17) is 4.74 Å². The molecule has 0 bridgehead atoms. The summed E-state index contributed by atoms with van der Waals surface area (Å²) in [5.41, 5.74) is 4.67.